The normalized spacial score (nSPS) is 19.6. The van der Waals surface area contributed by atoms with Gasteiger partial charge in [-0.05, 0) is 31.2 Å². The molecule has 0 spiro atoms. The third-order valence-electron chi connectivity index (χ3n) is 3.60. The minimum Gasteiger partial charge on any atom is -0.300 e. The van der Waals surface area contributed by atoms with Crippen LogP contribution in [-0.4, -0.2) is 41.9 Å². The molecule has 1 saturated heterocycles. The Bertz CT molecular complexity index is 785. The fourth-order valence-electron chi connectivity index (χ4n) is 2.47. The Morgan fingerprint density at radius 1 is 1.43 bits per heavy atom. The molecule has 2 aromatic heterocycles. The summed E-state index contributed by atoms with van der Waals surface area (Å²) in [7, 11) is -3.51. The van der Waals surface area contributed by atoms with Crippen LogP contribution in [0.2, 0.25) is 0 Å². The highest BCUT2D eigenvalue weighted by Crippen LogP contribution is 2.27. The van der Waals surface area contributed by atoms with Gasteiger partial charge in [-0.3, -0.25) is 4.79 Å². The standard InChI is InChI=1S/C13H16N4O3S3/c1-9-15-16-13(22-9)14-12(18)10-4-2-6-17(8-10)23(19,20)11-5-3-7-21-11/h3,5,7,10H,2,4,6,8H2,1H3,(H,14,16,18)/t10-/m1/s1. The van der Waals surface area contributed by atoms with Crippen LogP contribution < -0.4 is 5.32 Å². The number of sulfonamides is 1. The first-order chi connectivity index (χ1) is 11.0. The zero-order chi connectivity index (χ0) is 16.4. The number of hydrogen-bond acceptors (Lipinski definition) is 7. The van der Waals surface area contributed by atoms with E-state index >= 15 is 0 Å². The van der Waals surface area contributed by atoms with Gasteiger partial charge in [-0.25, -0.2) is 8.42 Å². The number of piperidine rings is 1. The van der Waals surface area contributed by atoms with Gasteiger partial charge in [0, 0.05) is 13.1 Å². The molecule has 7 nitrogen and oxygen atoms in total. The van der Waals surface area contributed by atoms with E-state index in [1.165, 1.54) is 27.0 Å². The van der Waals surface area contributed by atoms with E-state index in [4.69, 9.17) is 0 Å². The fourth-order valence-corrected chi connectivity index (χ4v) is 5.73. The molecule has 0 aromatic carbocycles. The summed E-state index contributed by atoms with van der Waals surface area (Å²) in [5, 5.41) is 13.4. The van der Waals surface area contributed by atoms with Crippen molar-refractivity contribution in [1.29, 1.82) is 0 Å². The second-order valence-electron chi connectivity index (χ2n) is 5.25. The number of carbonyl (C=O) groups excluding carboxylic acids is 1. The van der Waals surface area contributed by atoms with Crippen molar-refractivity contribution < 1.29 is 13.2 Å². The first-order valence-corrected chi connectivity index (χ1v) is 10.2. The summed E-state index contributed by atoms with van der Waals surface area (Å²) >= 11 is 2.49. The molecule has 0 aliphatic carbocycles. The van der Waals surface area contributed by atoms with Crippen LogP contribution in [-0.2, 0) is 14.8 Å². The predicted molar refractivity (Wildman–Crippen MR) is 89.1 cm³/mol. The second kappa shape index (κ2) is 6.63. The minimum absolute atomic E-state index is 0.198. The molecule has 0 bridgehead atoms. The zero-order valence-electron chi connectivity index (χ0n) is 12.4. The number of nitrogens with one attached hydrogen (secondary N) is 1. The third-order valence-corrected chi connectivity index (χ3v) is 7.59. The van der Waals surface area contributed by atoms with Crippen LogP contribution in [0.15, 0.2) is 21.7 Å². The van der Waals surface area contributed by atoms with E-state index in [-0.39, 0.29) is 18.4 Å². The number of nitrogens with zero attached hydrogens (tertiary/aromatic N) is 3. The second-order valence-corrected chi connectivity index (χ2v) is 9.54. The van der Waals surface area contributed by atoms with Crippen LogP contribution in [0.4, 0.5) is 5.13 Å². The van der Waals surface area contributed by atoms with E-state index in [0.29, 0.717) is 28.7 Å². The summed E-state index contributed by atoms with van der Waals surface area (Å²) in [6.07, 6.45) is 1.33. The van der Waals surface area contributed by atoms with E-state index in [1.54, 1.807) is 17.5 Å². The van der Waals surface area contributed by atoms with Gasteiger partial charge in [0.1, 0.15) is 9.22 Å². The maximum atomic E-state index is 12.6. The molecule has 23 heavy (non-hydrogen) atoms. The maximum absolute atomic E-state index is 12.6. The van der Waals surface area contributed by atoms with Crippen LogP contribution in [0, 0.1) is 12.8 Å². The van der Waals surface area contributed by atoms with Crippen molar-refractivity contribution in [3.8, 4) is 0 Å². The first-order valence-electron chi connectivity index (χ1n) is 7.11. The van der Waals surface area contributed by atoms with Crippen LogP contribution in [0.3, 0.4) is 0 Å². The van der Waals surface area contributed by atoms with Crippen molar-refractivity contribution in [2.75, 3.05) is 18.4 Å². The topological polar surface area (TPSA) is 92.3 Å². The lowest BCUT2D eigenvalue weighted by Crippen LogP contribution is -2.43. The lowest BCUT2D eigenvalue weighted by Gasteiger charge is -2.30. The van der Waals surface area contributed by atoms with Gasteiger partial charge in [0.05, 0.1) is 5.92 Å². The van der Waals surface area contributed by atoms with Crippen LogP contribution >= 0.6 is 22.7 Å². The molecule has 2 aromatic rings. The number of anilines is 1. The quantitative estimate of drug-likeness (QED) is 0.885. The van der Waals surface area contributed by atoms with Gasteiger partial charge in [0.2, 0.25) is 11.0 Å². The summed E-state index contributed by atoms with van der Waals surface area (Å²) < 4.78 is 26.8. The molecule has 3 heterocycles. The molecule has 1 aliphatic heterocycles. The van der Waals surface area contributed by atoms with Crippen molar-refractivity contribution in [3.05, 3.63) is 22.5 Å². The highest BCUT2D eigenvalue weighted by Gasteiger charge is 2.34. The van der Waals surface area contributed by atoms with Crippen molar-refractivity contribution in [2.24, 2.45) is 5.92 Å². The Labute approximate surface area is 142 Å². The van der Waals surface area contributed by atoms with E-state index in [0.717, 1.165) is 5.01 Å². The van der Waals surface area contributed by atoms with Gasteiger partial charge in [0.15, 0.2) is 0 Å². The monoisotopic (exact) mass is 372 g/mol. The lowest BCUT2D eigenvalue weighted by atomic mass is 9.99. The number of hydrogen-bond donors (Lipinski definition) is 1. The predicted octanol–water partition coefficient (Wildman–Crippen LogP) is 1.95. The molecule has 0 saturated carbocycles. The smallest absolute Gasteiger partial charge is 0.252 e. The molecule has 3 rings (SSSR count). The molecular formula is C13H16N4O3S3. The average Bonchev–Trinajstić information content (AvgIpc) is 3.19. The summed E-state index contributed by atoms with van der Waals surface area (Å²) in [4.78, 5) is 12.3. The van der Waals surface area contributed by atoms with Gasteiger partial charge in [-0.15, -0.1) is 21.5 Å². The van der Waals surface area contributed by atoms with E-state index in [1.807, 2.05) is 6.92 Å². The van der Waals surface area contributed by atoms with Crippen LogP contribution in [0.5, 0.6) is 0 Å². The fraction of sp³-hybridized carbons (Fsp3) is 0.462. The van der Waals surface area contributed by atoms with Crippen LogP contribution in [0.25, 0.3) is 0 Å². The van der Waals surface area contributed by atoms with Crippen molar-refractivity contribution in [1.82, 2.24) is 14.5 Å². The molecule has 0 radical (unpaired) electrons. The Hall–Kier alpha value is -1.36. The summed E-state index contributed by atoms with van der Waals surface area (Å²) in [6, 6.07) is 3.30. The van der Waals surface area contributed by atoms with Gasteiger partial charge in [-0.1, -0.05) is 17.4 Å². The Kier molecular flexibility index (Phi) is 4.76. The number of aryl methyl sites for hydroxylation is 1. The number of carbonyl (C=O) groups is 1. The Balaban J connectivity index is 1.69. The van der Waals surface area contributed by atoms with Gasteiger partial charge < -0.3 is 5.32 Å². The van der Waals surface area contributed by atoms with E-state index in [2.05, 4.69) is 15.5 Å². The SMILES string of the molecule is Cc1nnc(NC(=O)[C@@H]2CCCN(S(=O)(=O)c3cccs3)C2)s1. The zero-order valence-corrected chi connectivity index (χ0v) is 14.9. The Morgan fingerprint density at radius 3 is 2.91 bits per heavy atom. The maximum Gasteiger partial charge on any atom is 0.252 e. The largest absolute Gasteiger partial charge is 0.300 e. The average molecular weight is 372 g/mol. The van der Waals surface area contributed by atoms with E-state index < -0.39 is 10.0 Å². The van der Waals surface area contributed by atoms with Crippen molar-refractivity contribution in [3.63, 3.8) is 0 Å². The summed E-state index contributed by atoms with van der Waals surface area (Å²) in [5.41, 5.74) is 0. The van der Waals surface area contributed by atoms with Crippen molar-refractivity contribution >= 4 is 43.7 Å². The highest BCUT2D eigenvalue weighted by molar-refractivity contribution is 7.91. The molecule has 1 atom stereocenters. The van der Waals surface area contributed by atoms with Crippen LogP contribution in [0.1, 0.15) is 17.8 Å². The molecule has 1 aliphatic rings. The first kappa shape index (κ1) is 16.5. The molecule has 1 amide bonds. The number of amides is 1. The van der Waals surface area contributed by atoms with E-state index in [9.17, 15) is 13.2 Å². The molecule has 1 fully saturated rings. The molecule has 124 valence electrons. The van der Waals surface area contributed by atoms with Gasteiger partial charge in [-0.2, -0.15) is 4.31 Å². The van der Waals surface area contributed by atoms with Crippen molar-refractivity contribution in [2.45, 2.75) is 24.0 Å². The third kappa shape index (κ3) is 3.60. The Morgan fingerprint density at radius 2 is 2.26 bits per heavy atom. The lowest BCUT2D eigenvalue weighted by molar-refractivity contribution is -0.120. The summed E-state index contributed by atoms with van der Waals surface area (Å²) in [6.45, 7) is 2.45. The molecule has 10 heteroatoms. The number of thiophene rings is 1. The van der Waals surface area contributed by atoms with Gasteiger partial charge in [0.25, 0.3) is 10.0 Å². The van der Waals surface area contributed by atoms with Gasteiger partial charge >= 0.3 is 0 Å². The molecule has 0 unspecified atom stereocenters. The number of aromatic nitrogens is 2. The summed E-state index contributed by atoms with van der Waals surface area (Å²) in [5.74, 6) is -0.574. The molecular weight excluding hydrogens is 356 g/mol. The minimum atomic E-state index is -3.51. The molecule has 1 N–H and O–H groups in total. The number of rotatable bonds is 4. The highest BCUT2D eigenvalue weighted by atomic mass is 32.2.